The fraction of sp³-hybridized carbons (Fsp3) is 0.400. The number of allylic oxidation sites excluding steroid dienone is 1. The largest absolute Gasteiger partial charge is 0.497 e. The summed E-state index contributed by atoms with van der Waals surface area (Å²) in [6.07, 6.45) is 5.09. The second-order valence-electron chi connectivity index (χ2n) is 4.51. The minimum atomic E-state index is 0.189. The highest BCUT2D eigenvalue weighted by molar-refractivity contribution is 5.93. The van der Waals surface area contributed by atoms with Crippen LogP contribution in [0.1, 0.15) is 32.3 Å². The number of carbonyl (C=O) groups excluding carboxylic acids is 1. The van der Waals surface area contributed by atoms with Crippen molar-refractivity contribution in [2.75, 3.05) is 7.11 Å². The second-order valence-corrected chi connectivity index (χ2v) is 4.51. The molecule has 0 saturated heterocycles. The van der Waals surface area contributed by atoms with Crippen LogP contribution in [0.5, 0.6) is 5.75 Å². The minimum Gasteiger partial charge on any atom is -0.497 e. The highest BCUT2D eigenvalue weighted by Gasteiger charge is 1.99. The molecule has 92 valence electrons. The fourth-order valence-corrected chi connectivity index (χ4v) is 1.42. The van der Waals surface area contributed by atoms with E-state index in [2.05, 4.69) is 13.8 Å². The quantitative estimate of drug-likeness (QED) is 0.699. The molecule has 0 aromatic heterocycles. The molecule has 0 amide bonds. The van der Waals surface area contributed by atoms with Gasteiger partial charge in [-0.1, -0.05) is 32.1 Å². The van der Waals surface area contributed by atoms with Crippen LogP contribution in [-0.2, 0) is 4.79 Å². The molecule has 0 aliphatic rings. The van der Waals surface area contributed by atoms with Crippen molar-refractivity contribution in [2.24, 2.45) is 5.92 Å². The van der Waals surface area contributed by atoms with Gasteiger partial charge in [0, 0.05) is 6.42 Å². The zero-order chi connectivity index (χ0) is 12.7. The van der Waals surface area contributed by atoms with E-state index >= 15 is 0 Å². The Labute approximate surface area is 103 Å². The molecule has 0 heterocycles. The van der Waals surface area contributed by atoms with Crippen molar-refractivity contribution in [2.45, 2.75) is 26.7 Å². The molecule has 0 spiro atoms. The third kappa shape index (κ3) is 5.34. The van der Waals surface area contributed by atoms with Gasteiger partial charge in [0.05, 0.1) is 7.11 Å². The Balaban J connectivity index is 2.49. The number of hydrogen-bond acceptors (Lipinski definition) is 2. The molecule has 0 aliphatic carbocycles. The molecule has 1 aromatic rings. The topological polar surface area (TPSA) is 26.3 Å². The minimum absolute atomic E-state index is 0.189. The first-order valence-corrected chi connectivity index (χ1v) is 5.97. The molecule has 2 heteroatoms. The van der Waals surface area contributed by atoms with E-state index in [0.717, 1.165) is 17.7 Å². The Morgan fingerprint density at radius 1 is 1.29 bits per heavy atom. The SMILES string of the molecule is COc1ccc(/C=C/C(=O)CCC(C)C)cc1. The Morgan fingerprint density at radius 3 is 2.47 bits per heavy atom. The van der Waals surface area contributed by atoms with Gasteiger partial charge in [0.1, 0.15) is 5.75 Å². The van der Waals surface area contributed by atoms with Gasteiger partial charge in [-0.3, -0.25) is 4.79 Å². The maximum Gasteiger partial charge on any atom is 0.155 e. The van der Waals surface area contributed by atoms with E-state index in [0.29, 0.717) is 12.3 Å². The number of hydrogen-bond donors (Lipinski definition) is 0. The van der Waals surface area contributed by atoms with Crippen LogP contribution in [0.25, 0.3) is 6.08 Å². The number of carbonyl (C=O) groups is 1. The number of ketones is 1. The Morgan fingerprint density at radius 2 is 1.94 bits per heavy atom. The van der Waals surface area contributed by atoms with E-state index in [1.807, 2.05) is 30.3 Å². The third-order valence-electron chi connectivity index (χ3n) is 2.55. The second kappa shape index (κ2) is 6.89. The summed E-state index contributed by atoms with van der Waals surface area (Å²) in [5.74, 6) is 1.59. The summed E-state index contributed by atoms with van der Waals surface area (Å²) in [6.45, 7) is 4.25. The van der Waals surface area contributed by atoms with Crippen LogP contribution in [-0.4, -0.2) is 12.9 Å². The summed E-state index contributed by atoms with van der Waals surface area (Å²) in [6, 6.07) is 7.65. The van der Waals surface area contributed by atoms with Crippen LogP contribution in [0.3, 0.4) is 0 Å². The Kier molecular flexibility index (Phi) is 5.47. The maximum atomic E-state index is 11.5. The molecule has 0 bridgehead atoms. The van der Waals surface area contributed by atoms with Crippen molar-refractivity contribution in [1.82, 2.24) is 0 Å². The van der Waals surface area contributed by atoms with Crippen molar-refractivity contribution in [3.05, 3.63) is 35.9 Å². The standard InChI is InChI=1S/C15H20O2/c1-12(2)4-8-14(16)9-5-13-6-10-15(17-3)11-7-13/h5-7,9-12H,4,8H2,1-3H3/b9-5+. The highest BCUT2D eigenvalue weighted by Crippen LogP contribution is 2.12. The van der Waals surface area contributed by atoms with Crippen molar-refractivity contribution in [3.63, 3.8) is 0 Å². The summed E-state index contributed by atoms with van der Waals surface area (Å²) in [7, 11) is 1.64. The highest BCUT2D eigenvalue weighted by atomic mass is 16.5. The lowest BCUT2D eigenvalue weighted by molar-refractivity contribution is -0.114. The first-order valence-electron chi connectivity index (χ1n) is 5.97. The van der Waals surface area contributed by atoms with E-state index in [-0.39, 0.29) is 5.78 Å². The number of benzene rings is 1. The number of methoxy groups -OCH3 is 1. The lowest BCUT2D eigenvalue weighted by atomic mass is 10.1. The molecule has 0 saturated carbocycles. The number of ether oxygens (including phenoxy) is 1. The lowest BCUT2D eigenvalue weighted by Gasteiger charge is -2.01. The zero-order valence-electron chi connectivity index (χ0n) is 10.8. The van der Waals surface area contributed by atoms with Crippen LogP contribution in [0.15, 0.2) is 30.3 Å². The average Bonchev–Trinajstić information content (AvgIpc) is 2.34. The normalized spacial score (nSPS) is 11.1. The average molecular weight is 232 g/mol. The third-order valence-corrected chi connectivity index (χ3v) is 2.55. The van der Waals surface area contributed by atoms with Gasteiger partial charge in [-0.15, -0.1) is 0 Å². The lowest BCUT2D eigenvalue weighted by Crippen LogP contribution is -1.96. The summed E-state index contributed by atoms with van der Waals surface area (Å²) in [5, 5.41) is 0. The summed E-state index contributed by atoms with van der Waals surface area (Å²) in [5.41, 5.74) is 1.02. The van der Waals surface area contributed by atoms with Crippen LogP contribution in [0.4, 0.5) is 0 Å². The van der Waals surface area contributed by atoms with E-state index in [1.54, 1.807) is 13.2 Å². The van der Waals surface area contributed by atoms with Crippen molar-refractivity contribution >= 4 is 11.9 Å². The molecule has 0 atom stereocenters. The van der Waals surface area contributed by atoms with E-state index in [9.17, 15) is 4.79 Å². The van der Waals surface area contributed by atoms with Gasteiger partial charge in [-0.2, -0.15) is 0 Å². The molecule has 0 fully saturated rings. The molecule has 2 nitrogen and oxygen atoms in total. The summed E-state index contributed by atoms with van der Waals surface area (Å²) in [4.78, 5) is 11.5. The van der Waals surface area contributed by atoms with Gasteiger partial charge in [-0.25, -0.2) is 0 Å². The van der Waals surface area contributed by atoms with Crippen LogP contribution >= 0.6 is 0 Å². The van der Waals surface area contributed by atoms with E-state index < -0.39 is 0 Å². The molecular weight excluding hydrogens is 212 g/mol. The van der Waals surface area contributed by atoms with Gasteiger partial charge in [0.2, 0.25) is 0 Å². The van der Waals surface area contributed by atoms with E-state index in [4.69, 9.17) is 4.74 Å². The zero-order valence-corrected chi connectivity index (χ0v) is 10.8. The summed E-state index contributed by atoms with van der Waals surface area (Å²) >= 11 is 0. The fourth-order valence-electron chi connectivity index (χ4n) is 1.42. The van der Waals surface area contributed by atoms with Crippen LogP contribution in [0.2, 0.25) is 0 Å². The van der Waals surface area contributed by atoms with Gasteiger partial charge >= 0.3 is 0 Å². The molecule has 17 heavy (non-hydrogen) atoms. The Hall–Kier alpha value is -1.57. The predicted molar refractivity (Wildman–Crippen MR) is 71.1 cm³/mol. The first-order chi connectivity index (χ1) is 8.11. The molecular formula is C15H20O2. The first kappa shape index (κ1) is 13.5. The van der Waals surface area contributed by atoms with Gasteiger partial charge in [0.25, 0.3) is 0 Å². The van der Waals surface area contributed by atoms with Crippen molar-refractivity contribution in [1.29, 1.82) is 0 Å². The molecule has 1 aromatic carbocycles. The molecule has 0 N–H and O–H groups in total. The molecule has 0 aliphatic heterocycles. The van der Waals surface area contributed by atoms with Crippen molar-refractivity contribution < 1.29 is 9.53 Å². The smallest absolute Gasteiger partial charge is 0.155 e. The van der Waals surface area contributed by atoms with Gasteiger partial charge in [-0.05, 0) is 36.1 Å². The van der Waals surface area contributed by atoms with E-state index in [1.165, 1.54) is 0 Å². The Bertz CT molecular complexity index is 374. The summed E-state index contributed by atoms with van der Waals surface area (Å²) < 4.78 is 5.07. The molecule has 0 unspecified atom stereocenters. The number of rotatable bonds is 6. The molecule has 1 rings (SSSR count). The monoisotopic (exact) mass is 232 g/mol. The van der Waals surface area contributed by atoms with Crippen LogP contribution < -0.4 is 4.74 Å². The van der Waals surface area contributed by atoms with Crippen molar-refractivity contribution in [3.8, 4) is 5.75 Å². The van der Waals surface area contributed by atoms with Gasteiger partial charge in [0.15, 0.2) is 5.78 Å². The maximum absolute atomic E-state index is 11.5. The molecule has 0 radical (unpaired) electrons. The predicted octanol–water partition coefficient (Wildman–Crippen LogP) is 3.71. The van der Waals surface area contributed by atoms with Gasteiger partial charge < -0.3 is 4.74 Å². The van der Waals surface area contributed by atoms with Crippen LogP contribution in [0, 0.1) is 5.92 Å².